The average Bonchev–Trinajstić information content (AvgIpc) is 3.00. The number of benzene rings is 1. The molecule has 0 spiro atoms. The lowest BCUT2D eigenvalue weighted by Gasteiger charge is -2.18. The van der Waals surface area contributed by atoms with Gasteiger partial charge >= 0.3 is 12.3 Å². The summed E-state index contributed by atoms with van der Waals surface area (Å²) < 4.78 is 45.8. The molecule has 0 radical (unpaired) electrons. The van der Waals surface area contributed by atoms with Crippen LogP contribution in [-0.4, -0.2) is 36.2 Å². The van der Waals surface area contributed by atoms with E-state index >= 15 is 0 Å². The van der Waals surface area contributed by atoms with Gasteiger partial charge < -0.3 is 10.1 Å². The molecule has 0 bridgehead atoms. The largest absolute Gasteiger partial charge is 0.442 e. The Morgan fingerprint density at radius 3 is 2.78 bits per heavy atom. The van der Waals surface area contributed by atoms with Gasteiger partial charge in [-0.25, -0.2) is 4.79 Å². The predicted molar refractivity (Wildman–Crippen MR) is 91.0 cm³/mol. The molecule has 2 aromatic rings. The van der Waals surface area contributed by atoms with Gasteiger partial charge in [-0.3, -0.25) is 14.7 Å². The molecule has 1 saturated heterocycles. The van der Waals surface area contributed by atoms with E-state index in [1.54, 1.807) is 6.07 Å². The van der Waals surface area contributed by atoms with Gasteiger partial charge in [0.2, 0.25) is 5.91 Å². The topological polar surface area (TPSA) is 71.5 Å². The second kappa shape index (κ2) is 7.26. The monoisotopic (exact) mass is 379 g/mol. The van der Waals surface area contributed by atoms with E-state index in [-0.39, 0.29) is 30.2 Å². The third-order valence-corrected chi connectivity index (χ3v) is 4.05. The molecule has 1 atom stereocenters. The summed E-state index contributed by atoms with van der Waals surface area (Å²) in [5, 5.41) is 2.52. The highest BCUT2D eigenvalue weighted by molar-refractivity contribution is 5.90. The normalized spacial score (nSPS) is 17.0. The standard InChI is InChI=1S/C18H16F3N3O3/c1-11(25)23-9-14-10-24(17(26)27-14)13-4-5-15(12-3-2-6-22-8-12)16(7-13)18(19,20)21/h2-8,14H,9-10H2,1H3,(H,23,25). The fraction of sp³-hybridized carbons (Fsp3) is 0.278. The van der Waals surface area contributed by atoms with E-state index in [1.807, 2.05) is 0 Å². The number of amides is 2. The number of halogens is 3. The van der Waals surface area contributed by atoms with Crippen LogP contribution in [0, 0.1) is 0 Å². The number of nitrogens with one attached hydrogen (secondary N) is 1. The quantitative estimate of drug-likeness (QED) is 0.885. The van der Waals surface area contributed by atoms with Gasteiger partial charge in [-0.05, 0) is 23.8 Å². The molecule has 3 rings (SSSR count). The molecular formula is C18H16F3N3O3. The molecule has 1 N–H and O–H groups in total. The maximum atomic E-state index is 13.6. The van der Waals surface area contributed by atoms with Crippen LogP contribution in [-0.2, 0) is 15.7 Å². The third kappa shape index (κ3) is 4.18. The summed E-state index contributed by atoms with van der Waals surface area (Å²) in [6.07, 6.45) is -3.18. The highest BCUT2D eigenvalue weighted by Gasteiger charge is 2.37. The van der Waals surface area contributed by atoms with Crippen molar-refractivity contribution in [3.63, 3.8) is 0 Å². The van der Waals surface area contributed by atoms with E-state index in [9.17, 15) is 22.8 Å². The molecule has 6 nitrogen and oxygen atoms in total. The van der Waals surface area contributed by atoms with E-state index in [2.05, 4.69) is 10.3 Å². The summed E-state index contributed by atoms with van der Waals surface area (Å²) in [6.45, 7) is 1.46. The number of hydrogen-bond acceptors (Lipinski definition) is 4. The minimum atomic E-state index is -4.61. The van der Waals surface area contributed by atoms with Gasteiger partial charge in [0.15, 0.2) is 0 Å². The third-order valence-electron chi connectivity index (χ3n) is 4.05. The summed E-state index contributed by atoms with van der Waals surface area (Å²) in [5.41, 5.74) is -0.498. The van der Waals surface area contributed by atoms with Crippen molar-refractivity contribution in [1.82, 2.24) is 10.3 Å². The highest BCUT2D eigenvalue weighted by Crippen LogP contribution is 2.39. The molecular weight excluding hydrogens is 363 g/mol. The summed E-state index contributed by atoms with van der Waals surface area (Å²) in [5.74, 6) is -0.287. The molecule has 1 aliphatic rings. The van der Waals surface area contributed by atoms with Gasteiger partial charge in [0.25, 0.3) is 0 Å². The smallest absolute Gasteiger partial charge is 0.417 e. The molecule has 1 aromatic carbocycles. The molecule has 1 fully saturated rings. The van der Waals surface area contributed by atoms with Crippen LogP contribution in [0.25, 0.3) is 11.1 Å². The summed E-state index contributed by atoms with van der Waals surface area (Å²) >= 11 is 0. The van der Waals surface area contributed by atoms with Crippen LogP contribution in [0.1, 0.15) is 12.5 Å². The van der Waals surface area contributed by atoms with Crippen molar-refractivity contribution in [2.24, 2.45) is 0 Å². The number of pyridine rings is 1. The first kappa shape index (κ1) is 18.7. The van der Waals surface area contributed by atoms with Crippen LogP contribution in [0.5, 0.6) is 0 Å². The molecule has 1 unspecified atom stereocenters. The van der Waals surface area contributed by atoms with Crippen LogP contribution < -0.4 is 10.2 Å². The number of carbonyl (C=O) groups excluding carboxylic acids is 2. The molecule has 142 valence electrons. The Bertz CT molecular complexity index is 856. The minimum Gasteiger partial charge on any atom is -0.442 e. The fourth-order valence-corrected chi connectivity index (χ4v) is 2.80. The average molecular weight is 379 g/mol. The van der Waals surface area contributed by atoms with Crippen LogP contribution in [0.15, 0.2) is 42.7 Å². The van der Waals surface area contributed by atoms with Gasteiger partial charge in [-0.2, -0.15) is 13.2 Å². The van der Waals surface area contributed by atoms with Crippen LogP contribution in [0.3, 0.4) is 0 Å². The highest BCUT2D eigenvalue weighted by atomic mass is 19.4. The van der Waals surface area contributed by atoms with Crippen molar-refractivity contribution in [1.29, 1.82) is 0 Å². The summed E-state index contributed by atoms with van der Waals surface area (Å²) in [4.78, 5) is 28.0. The first-order valence-electron chi connectivity index (χ1n) is 8.10. The lowest BCUT2D eigenvalue weighted by Crippen LogP contribution is -2.33. The van der Waals surface area contributed by atoms with E-state index in [0.29, 0.717) is 5.56 Å². The van der Waals surface area contributed by atoms with Gasteiger partial charge in [0, 0.05) is 30.6 Å². The number of nitrogens with zero attached hydrogens (tertiary/aromatic N) is 2. The zero-order valence-electron chi connectivity index (χ0n) is 14.3. The molecule has 1 aromatic heterocycles. The Morgan fingerprint density at radius 2 is 2.15 bits per heavy atom. The predicted octanol–water partition coefficient (Wildman–Crippen LogP) is 3.23. The number of rotatable bonds is 4. The fourth-order valence-electron chi connectivity index (χ4n) is 2.80. The van der Waals surface area contributed by atoms with E-state index in [0.717, 1.165) is 11.0 Å². The second-order valence-corrected chi connectivity index (χ2v) is 6.02. The number of cyclic esters (lactones) is 1. The molecule has 27 heavy (non-hydrogen) atoms. The number of anilines is 1. The van der Waals surface area contributed by atoms with E-state index in [4.69, 9.17) is 4.74 Å². The SMILES string of the molecule is CC(=O)NCC1CN(c2ccc(-c3cccnc3)c(C(F)(F)F)c2)C(=O)O1. The molecule has 0 saturated carbocycles. The maximum Gasteiger partial charge on any atom is 0.417 e. The van der Waals surface area contributed by atoms with Crippen LogP contribution in [0.4, 0.5) is 23.7 Å². The lowest BCUT2D eigenvalue weighted by molar-refractivity contribution is -0.137. The van der Waals surface area contributed by atoms with Crippen molar-refractivity contribution < 1.29 is 27.5 Å². The van der Waals surface area contributed by atoms with Crippen molar-refractivity contribution >= 4 is 17.7 Å². The second-order valence-electron chi connectivity index (χ2n) is 6.02. The van der Waals surface area contributed by atoms with E-state index < -0.39 is 23.9 Å². The first-order valence-corrected chi connectivity index (χ1v) is 8.10. The number of aromatic nitrogens is 1. The molecule has 9 heteroatoms. The van der Waals surface area contributed by atoms with Crippen molar-refractivity contribution in [2.75, 3.05) is 18.0 Å². The minimum absolute atomic E-state index is 0.0262. The molecule has 1 aliphatic heterocycles. The number of hydrogen-bond donors (Lipinski definition) is 1. The Morgan fingerprint density at radius 1 is 1.37 bits per heavy atom. The maximum absolute atomic E-state index is 13.6. The van der Waals surface area contributed by atoms with E-state index in [1.165, 1.54) is 37.5 Å². The van der Waals surface area contributed by atoms with Gasteiger partial charge in [-0.1, -0.05) is 12.1 Å². The zero-order chi connectivity index (χ0) is 19.6. The van der Waals surface area contributed by atoms with Crippen LogP contribution >= 0.6 is 0 Å². The summed E-state index contributed by atoms with van der Waals surface area (Å²) in [6, 6.07) is 6.74. The molecule has 2 heterocycles. The lowest BCUT2D eigenvalue weighted by atomic mass is 9.99. The zero-order valence-corrected chi connectivity index (χ0v) is 14.3. The van der Waals surface area contributed by atoms with Crippen molar-refractivity contribution in [3.05, 3.63) is 48.3 Å². The molecule has 2 amide bonds. The van der Waals surface area contributed by atoms with Crippen molar-refractivity contribution in [3.8, 4) is 11.1 Å². The number of ether oxygens (including phenoxy) is 1. The van der Waals surface area contributed by atoms with Crippen LogP contribution in [0.2, 0.25) is 0 Å². The number of alkyl halides is 3. The van der Waals surface area contributed by atoms with Gasteiger partial charge in [0.1, 0.15) is 6.10 Å². The van der Waals surface area contributed by atoms with Gasteiger partial charge in [-0.15, -0.1) is 0 Å². The van der Waals surface area contributed by atoms with Gasteiger partial charge in [0.05, 0.1) is 18.7 Å². The Kier molecular flexibility index (Phi) is 5.02. The Balaban J connectivity index is 1.91. The first-order chi connectivity index (χ1) is 12.8. The Hall–Kier alpha value is -3.10. The molecule has 0 aliphatic carbocycles. The Labute approximate surface area is 152 Å². The summed E-state index contributed by atoms with van der Waals surface area (Å²) in [7, 11) is 0. The number of carbonyl (C=O) groups is 2. The van der Waals surface area contributed by atoms with Crippen molar-refractivity contribution in [2.45, 2.75) is 19.2 Å².